The molecule has 2 rings (SSSR count). The summed E-state index contributed by atoms with van der Waals surface area (Å²) in [5.74, 6) is 0.754. The molecule has 2 aromatic rings. The maximum atomic E-state index is 12.1. The molecule has 0 radical (unpaired) electrons. The van der Waals surface area contributed by atoms with Gasteiger partial charge in [0.15, 0.2) is 5.82 Å². The van der Waals surface area contributed by atoms with Gasteiger partial charge in [-0.05, 0) is 30.3 Å². The largest absolute Gasteiger partial charge is 0.352 e. The highest BCUT2D eigenvalue weighted by molar-refractivity contribution is 6.01. The third-order valence-corrected chi connectivity index (χ3v) is 3.47. The van der Waals surface area contributed by atoms with E-state index in [0.29, 0.717) is 42.4 Å². The number of aryl methyl sites for hydroxylation is 1. The van der Waals surface area contributed by atoms with Gasteiger partial charge in [-0.3, -0.25) is 9.59 Å². The summed E-state index contributed by atoms with van der Waals surface area (Å²) in [6.07, 6.45) is 2.43. The van der Waals surface area contributed by atoms with Crippen molar-refractivity contribution < 1.29 is 14.1 Å². The molecule has 0 bridgehead atoms. The van der Waals surface area contributed by atoms with E-state index in [1.54, 1.807) is 31.3 Å². The van der Waals surface area contributed by atoms with Crippen molar-refractivity contribution in [2.45, 2.75) is 19.8 Å². The number of carbonyl (C=O) groups is 2. The van der Waals surface area contributed by atoms with E-state index in [0.717, 1.165) is 0 Å². The summed E-state index contributed by atoms with van der Waals surface area (Å²) in [5, 5.41) is 6.59. The van der Waals surface area contributed by atoms with Crippen LogP contribution in [0.3, 0.4) is 0 Å². The zero-order valence-corrected chi connectivity index (χ0v) is 13.8. The van der Waals surface area contributed by atoms with Crippen molar-refractivity contribution in [2.24, 2.45) is 0 Å². The van der Waals surface area contributed by atoms with Gasteiger partial charge in [-0.25, -0.2) is 0 Å². The average molecular weight is 328 g/mol. The van der Waals surface area contributed by atoms with E-state index >= 15 is 0 Å². The van der Waals surface area contributed by atoms with Crippen molar-refractivity contribution >= 4 is 17.5 Å². The number of benzene rings is 1. The molecular formula is C17H20N4O3. The van der Waals surface area contributed by atoms with Crippen LogP contribution in [-0.2, 0) is 17.6 Å². The average Bonchev–Trinajstić information content (AvgIpc) is 3.08. The van der Waals surface area contributed by atoms with E-state index in [1.807, 2.05) is 6.92 Å². The summed E-state index contributed by atoms with van der Waals surface area (Å²) in [6, 6.07) is 6.75. The molecule has 0 aliphatic carbocycles. The number of aromatic nitrogens is 2. The fraction of sp³-hybridized carbons (Fsp3) is 0.294. The molecule has 0 aliphatic heterocycles. The fourth-order valence-electron chi connectivity index (χ4n) is 2.02. The minimum Gasteiger partial charge on any atom is -0.352 e. The number of nitrogens with one attached hydrogen (secondary N) is 1. The number of likely N-dealkylation sites (N-methyl/N-ethyl adjacent to an activating group) is 1. The third-order valence-electron chi connectivity index (χ3n) is 3.47. The summed E-state index contributed by atoms with van der Waals surface area (Å²) in [6.45, 7) is 5.79. The molecule has 0 saturated carbocycles. The Balaban J connectivity index is 1.88. The zero-order chi connectivity index (χ0) is 17.5. The molecule has 7 nitrogen and oxygen atoms in total. The van der Waals surface area contributed by atoms with E-state index in [9.17, 15) is 9.59 Å². The second-order valence-corrected chi connectivity index (χ2v) is 5.11. The lowest BCUT2D eigenvalue weighted by Gasteiger charge is -2.15. The molecule has 0 aliphatic rings. The topological polar surface area (TPSA) is 88.3 Å². The first-order valence-electron chi connectivity index (χ1n) is 7.65. The first-order valence-corrected chi connectivity index (χ1v) is 7.65. The Hall–Kier alpha value is -2.96. The number of hydrogen-bond donors (Lipinski definition) is 1. The molecule has 1 aromatic carbocycles. The van der Waals surface area contributed by atoms with Gasteiger partial charge in [0, 0.05) is 37.7 Å². The van der Waals surface area contributed by atoms with Crippen LogP contribution in [0.1, 0.15) is 29.0 Å². The first kappa shape index (κ1) is 17.4. The molecule has 2 amide bonds. The van der Waals surface area contributed by atoms with Crippen molar-refractivity contribution in [1.82, 2.24) is 15.5 Å². The molecule has 126 valence electrons. The van der Waals surface area contributed by atoms with Crippen LogP contribution in [0.25, 0.3) is 0 Å². The van der Waals surface area contributed by atoms with E-state index in [2.05, 4.69) is 22.0 Å². The molecule has 1 aromatic heterocycles. The number of anilines is 1. The third kappa shape index (κ3) is 4.28. The smallest absolute Gasteiger partial charge is 0.251 e. The number of hydrogen-bond acceptors (Lipinski definition) is 5. The van der Waals surface area contributed by atoms with Crippen molar-refractivity contribution in [2.75, 3.05) is 18.5 Å². The van der Waals surface area contributed by atoms with Crippen LogP contribution < -0.4 is 10.2 Å². The molecule has 0 spiro atoms. The van der Waals surface area contributed by atoms with Crippen LogP contribution in [0.4, 0.5) is 5.69 Å². The monoisotopic (exact) mass is 328 g/mol. The zero-order valence-electron chi connectivity index (χ0n) is 13.8. The number of carbonyl (C=O) groups excluding carboxylic acids is 2. The molecule has 24 heavy (non-hydrogen) atoms. The number of rotatable bonds is 7. The predicted molar refractivity (Wildman–Crippen MR) is 89.8 cm³/mol. The van der Waals surface area contributed by atoms with Gasteiger partial charge in [-0.1, -0.05) is 18.7 Å². The summed E-state index contributed by atoms with van der Waals surface area (Å²) in [7, 11) is 1.65. The Morgan fingerprint density at radius 2 is 2.04 bits per heavy atom. The highest BCUT2D eigenvalue weighted by Crippen LogP contribution is 2.14. The van der Waals surface area contributed by atoms with Gasteiger partial charge in [0.05, 0.1) is 0 Å². The van der Waals surface area contributed by atoms with Gasteiger partial charge in [0.25, 0.3) is 5.91 Å². The Morgan fingerprint density at radius 1 is 1.33 bits per heavy atom. The number of amides is 2. The highest BCUT2D eigenvalue weighted by atomic mass is 16.5. The lowest BCUT2D eigenvalue weighted by molar-refractivity contribution is -0.113. The lowest BCUT2D eigenvalue weighted by Crippen LogP contribution is -2.26. The van der Waals surface area contributed by atoms with E-state index in [-0.39, 0.29) is 11.8 Å². The Bertz CT molecular complexity index is 722. The second kappa shape index (κ2) is 8.05. The van der Waals surface area contributed by atoms with Crippen molar-refractivity contribution in [3.63, 3.8) is 0 Å². The molecule has 0 atom stereocenters. The van der Waals surface area contributed by atoms with Crippen molar-refractivity contribution in [3.05, 3.63) is 54.2 Å². The molecule has 0 fully saturated rings. The van der Waals surface area contributed by atoms with Gasteiger partial charge in [-0.2, -0.15) is 4.98 Å². The second-order valence-electron chi connectivity index (χ2n) is 5.11. The summed E-state index contributed by atoms with van der Waals surface area (Å²) >= 11 is 0. The Labute approximate surface area is 140 Å². The van der Waals surface area contributed by atoms with Crippen molar-refractivity contribution in [3.8, 4) is 0 Å². The van der Waals surface area contributed by atoms with Crippen LogP contribution >= 0.6 is 0 Å². The van der Waals surface area contributed by atoms with Crippen LogP contribution in [0.2, 0.25) is 0 Å². The van der Waals surface area contributed by atoms with E-state index in [1.165, 1.54) is 11.0 Å². The van der Waals surface area contributed by atoms with Crippen molar-refractivity contribution in [1.29, 1.82) is 0 Å². The first-order chi connectivity index (χ1) is 11.5. The summed E-state index contributed by atoms with van der Waals surface area (Å²) in [5.41, 5.74) is 1.20. The van der Waals surface area contributed by atoms with Gasteiger partial charge in [0.2, 0.25) is 11.8 Å². The Morgan fingerprint density at radius 3 is 2.62 bits per heavy atom. The summed E-state index contributed by atoms with van der Waals surface area (Å²) in [4.78, 5) is 29.3. The standard InChI is InChI=1S/C17H20N4O3/c1-4-14-19-15(24-20-14)10-11-18-17(23)12-6-8-13(9-7-12)21(3)16(22)5-2/h5-9H,2,4,10-11H2,1,3H3,(H,18,23). The maximum absolute atomic E-state index is 12.1. The van der Waals surface area contributed by atoms with Crippen LogP contribution in [0.5, 0.6) is 0 Å². The number of nitrogens with zero attached hydrogens (tertiary/aromatic N) is 3. The molecule has 0 saturated heterocycles. The predicted octanol–water partition coefficient (Wildman–Crippen LogP) is 1.75. The molecule has 0 unspecified atom stereocenters. The van der Waals surface area contributed by atoms with Gasteiger partial charge in [0.1, 0.15) is 0 Å². The normalized spacial score (nSPS) is 10.2. The van der Waals surface area contributed by atoms with Crippen LogP contribution in [0, 0.1) is 0 Å². The summed E-state index contributed by atoms with van der Waals surface area (Å²) < 4.78 is 5.06. The van der Waals surface area contributed by atoms with Crippen LogP contribution in [0.15, 0.2) is 41.4 Å². The van der Waals surface area contributed by atoms with E-state index < -0.39 is 0 Å². The highest BCUT2D eigenvalue weighted by Gasteiger charge is 2.10. The van der Waals surface area contributed by atoms with Crippen LogP contribution in [-0.4, -0.2) is 35.5 Å². The SMILES string of the molecule is C=CC(=O)N(C)c1ccc(C(=O)NCCc2nc(CC)no2)cc1. The minimum absolute atomic E-state index is 0.200. The van der Waals surface area contributed by atoms with E-state index in [4.69, 9.17) is 4.52 Å². The molecule has 1 N–H and O–H groups in total. The van der Waals surface area contributed by atoms with Gasteiger partial charge >= 0.3 is 0 Å². The lowest BCUT2D eigenvalue weighted by atomic mass is 10.2. The molecule has 1 heterocycles. The van der Waals surface area contributed by atoms with Gasteiger partial charge in [-0.15, -0.1) is 0 Å². The minimum atomic E-state index is -0.210. The molecular weight excluding hydrogens is 308 g/mol. The fourth-order valence-corrected chi connectivity index (χ4v) is 2.02. The van der Waals surface area contributed by atoms with Gasteiger partial charge < -0.3 is 14.7 Å². The molecule has 7 heteroatoms. The Kier molecular flexibility index (Phi) is 5.83. The maximum Gasteiger partial charge on any atom is 0.251 e. The quantitative estimate of drug-likeness (QED) is 0.782.